The number of halogens is 2. The highest BCUT2D eigenvalue weighted by Gasteiger charge is 2.18. The van der Waals surface area contributed by atoms with E-state index in [2.05, 4.69) is 4.72 Å². The Hall–Kier alpha value is -2.91. The lowest BCUT2D eigenvalue weighted by atomic mass is 10.0. The van der Waals surface area contributed by atoms with Gasteiger partial charge in [0.2, 0.25) is 10.0 Å². The SMILES string of the molecule is O=C(CNS(=O)(=O)c1ccc(Cl)c(Cl)c1)OCc1cc(=O)oc2ccc3ccccc3c12. The van der Waals surface area contributed by atoms with E-state index < -0.39 is 28.2 Å². The predicted octanol–water partition coefficient (Wildman–Crippen LogP) is 4.27. The van der Waals surface area contributed by atoms with Crippen LogP contribution in [0.2, 0.25) is 10.0 Å². The summed E-state index contributed by atoms with van der Waals surface area (Å²) >= 11 is 11.6. The van der Waals surface area contributed by atoms with E-state index in [9.17, 15) is 18.0 Å². The monoisotopic (exact) mass is 491 g/mol. The zero-order valence-electron chi connectivity index (χ0n) is 16.3. The molecule has 1 aromatic heterocycles. The molecule has 32 heavy (non-hydrogen) atoms. The fourth-order valence-electron chi connectivity index (χ4n) is 3.22. The molecule has 0 radical (unpaired) electrons. The van der Waals surface area contributed by atoms with E-state index in [-0.39, 0.29) is 21.5 Å². The first-order valence-corrected chi connectivity index (χ1v) is 11.5. The van der Waals surface area contributed by atoms with Crippen LogP contribution in [0, 0.1) is 0 Å². The number of hydrogen-bond acceptors (Lipinski definition) is 6. The molecule has 164 valence electrons. The first kappa shape index (κ1) is 22.3. The molecule has 0 fully saturated rings. The van der Waals surface area contributed by atoms with Gasteiger partial charge in [-0.2, -0.15) is 4.72 Å². The van der Waals surface area contributed by atoms with E-state index in [4.69, 9.17) is 32.4 Å². The van der Waals surface area contributed by atoms with Gasteiger partial charge in [0.05, 0.1) is 14.9 Å². The van der Waals surface area contributed by atoms with Gasteiger partial charge in [0.1, 0.15) is 18.7 Å². The molecular weight excluding hydrogens is 477 g/mol. The van der Waals surface area contributed by atoms with Crippen LogP contribution in [0.5, 0.6) is 0 Å². The van der Waals surface area contributed by atoms with Crippen LogP contribution >= 0.6 is 23.2 Å². The van der Waals surface area contributed by atoms with Crippen molar-refractivity contribution in [3.8, 4) is 0 Å². The number of fused-ring (bicyclic) bond motifs is 3. The lowest BCUT2D eigenvalue weighted by molar-refractivity contribution is -0.143. The van der Waals surface area contributed by atoms with Gasteiger partial charge in [0, 0.05) is 17.0 Å². The predicted molar refractivity (Wildman–Crippen MR) is 121 cm³/mol. The maximum Gasteiger partial charge on any atom is 0.336 e. The van der Waals surface area contributed by atoms with Crippen LogP contribution in [0.25, 0.3) is 21.7 Å². The Bertz CT molecular complexity index is 1510. The molecule has 0 aliphatic carbocycles. The molecule has 1 heterocycles. The van der Waals surface area contributed by atoms with Gasteiger partial charge >= 0.3 is 11.6 Å². The van der Waals surface area contributed by atoms with Gasteiger partial charge in [-0.25, -0.2) is 13.2 Å². The second kappa shape index (κ2) is 8.91. The molecular formula is C22H15Cl2NO6S. The van der Waals surface area contributed by atoms with E-state index in [0.717, 1.165) is 10.8 Å². The fraction of sp³-hybridized carbons (Fsp3) is 0.0909. The number of sulfonamides is 1. The minimum absolute atomic E-state index is 0.0686. The first-order valence-electron chi connectivity index (χ1n) is 9.29. The molecule has 3 aromatic carbocycles. The lowest BCUT2D eigenvalue weighted by Crippen LogP contribution is -2.30. The van der Waals surface area contributed by atoms with E-state index in [1.165, 1.54) is 24.3 Å². The van der Waals surface area contributed by atoms with Crippen LogP contribution < -0.4 is 10.3 Å². The summed E-state index contributed by atoms with van der Waals surface area (Å²) in [6, 6.07) is 16.1. The largest absolute Gasteiger partial charge is 0.460 e. The Balaban J connectivity index is 1.51. The van der Waals surface area contributed by atoms with Crippen molar-refractivity contribution in [3.05, 3.63) is 86.7 Å². The third-order valence-electron chi connectivity index (χ3n) is 4.71. The highest BCUT2D eigenvalue weighted by atomic mass is 35.5. The Morgan fingerprint density at radius 3 is 2.56 bits per heavy atom. The zero-order chi connectivity index (χ0) is 22.9. The van der Waals surface area contributed by atoms with Gasteiger partial charge in [-0.15, -0.1) is 0 Å². The molecule has 0 bridgehead atoms. The van der Waals surface area contributed by atoms with Crippen molar-refractivity contribution in [3.63, 3.8) is 0 Å². The molecule has 0 spiro atoms. The second-order valence-electron chi connectivity index (χ2n) is 6.81. The molecule has 0 atom stereocenters. The maximum atomic E-state index is 12.4. The van der Waals surface area contributed by atoms with Crippen molar-refractivity contribution in [2.45, 2.75) is 11.5 Å². The molecule has 10 heteroatoms. The van der Waals surface area contributed by atoms with Crippen LogP contribution in [0.3, 0.4) is 0 Å². The molecule has 1 N–H and O–H groups in total. The van der Waals surface area contributed by atoms with Gasteiger partial charge in [-0.05, 0) is 35.0 Å². The summed E-state index contributed by atoms with van der Waals surface area (Å²) in [7, 11) is -4.01. The van der Waals surface area contributed by atoms with Crippen LogP contribution in [-0.4, -0.2) is 20.9 Å². The van der Waals surface area contributed by atoms with Gasteiger partial charge in [-0.3, -0.25) is 4.79 Å². The van der Waals surface area contributed by atoms with Crippen molar-refractivity contribution in [1.82, 2.24) is 4.72 Å². The van der Waals surface area contributed by atoms with E-state index in [1.54, 1.807) is 6.07 Å². The molecule has 0 saturated carbocycles. The van der Waals surface area contributed by atoms with E-state index in [0.29, 0.717) is 16.5 Å². The quantitative estimate of drug-likeness (QED) is 0.245. The highest BCUT2D eigenvalue weighted by molar-refractivity contribution is 7.89. The Kier molecular flexibility index (Phi) is 6.21. The molecule has 0 saturated heterocycles. The van der Waals surface area contributed by atoms with E-state index >= 15 is 0 Å². The summed E-state index contributed by atoms with van der Waals surface area (Å²) < 4.78 is 37.4. The highest BCUT2D eigenvalue weighted by Crippen LogP contribution is 2.28. The summed E-state index contributed by atoms with van der Waals surface area (Å²) in [6.07, 6.45) is 0. The van der Waals surface area contributed by atoms with Crippen LogP contribution in [0.1, 0.15) is 5.56 Å². The van der Waals surface area contributed by atoms with E-state index in [1.807, 2.05) is 30.3 Å². The number of ether oxygens (including phenoxy) is 1. The van der Waals surface area contributed by atoms with Crippen molar-refractivity contribution in [2.24, 2.45) is 0 Å². The van der Waals surface area contributed by atoms with Crippen molar-refractivity contribution in [1.29, 1.82) is 0 Å². The normalized spacial score (nSPS) is 11.7. The van der Waals surface area contributed by atoms with Gasteiger partial charge < -0.3 is 9.15 Å². The summed E-state index contributed by atoms with van der Waals surface area (Å²) in [5.74, 6) is -0.824. The number of carbonyl (C=O) groups is 1. The minimum atomic E-state index is -4.01. The average molecular weight is 492 g/mol. The first-order chi connectivity index (χ1) is 15.2. The average Bonchev–Trinajstić information content (AvgIpc) is 2.77. The number of carbonyl (C=O) groups excluding carboxylic acids is 1. The second-order valence-corrected chi connectivity index (χ2v) is 9.39. The Morgan fingerprint density at radius 1 is 1.00 bits per heavy atom. The molecule has 0 aliphatic heterocycles. The van der Waals surface area contributed by atoms with Crippen LogP contribution in [0.4, 0.5) is 0 Å². The smallest absolute Gasteiger partial charge is 0.336 e. The number of rotatable bonds is 6. The van der Waals surface area contributed by atoms with Crippen molar-refractivity contribution >= 4 is 60.9 Å². The number of nitrogens with one attached hydrogen (secondary N) is 1. The van der Waals surface area contributed by atoms with Crippen molar-refractivity contribution in [2.75, 3.05) is 6.54 Å². The third-order valence-corrected chi connectivity index (χ3v) is 6.85. The topological polar surface area (TPSA) is 103 Å². The van der Waals surface area contributed by atoms with Gasteiger partial charge in [0.25, 0.3) is 0 Å². The standard InChI is InChI=1S/C22H15Cl2NO6S/c23-17-7-6-15(10-18(17)24)32(28,29)25-11-21(27)30-12-14-9-20(26)31-19-8-5-13-3-1-2-4-16(13)22(14)19/h1-10,25H,11-12H2. The van der Waals surface area contributed by atoms with Crippen LogP contribution in [-0.2, 0) is 26.2 Å². The number of esters is 1. The van der Waals surface area contributed by atoms with Crippen LogP contribution in [0.15, 0.2) is 74.8 Å². The van der Waals surface area contributed by atoms with Crippen molar-refractivity contribution < 1.29 is 22.4 Å². The minimum Gasteiger partial charge on any atom is -0.460 e. The molecule has 4 rings (SSSR count). The van der Waals surface area contributed by atoms with Gasteiger partial charge in [-0.1, -0.05) is 53.5 Å². The summed E-state index contributed by atoms with van der Waals surface area (Å²) in [6.45, 7) is -0.841. The summed E-state index contributed by atoms with van der Waals surface area (Å²) in [5.41, 5.74) is 0.232. The summed E-state index contributed by atoms with van der Waals surface area (Å²) in [5, 5.41) is 2.68. The molecule has 0 amide bonds. The Morgan fingerprint density at radius 2 is 1.78 bits per heavy atom. The number of hydrogen-bond donors (Lipinski definition) is 1. The maximum absolute atomic E-state index is 12.4. The molecule has 7 nitrogen and oxygen atoms in total. The number of benzene rings is 3. The molecule has 0 unspecified atom stereocenters. The fourth-order valence-corrected chi connectivity index (χ4v) is 4.58. The zero-order valence-corrected chi connectivity index (χ0v) is 18.6. The molecule has 0 aliphatic rings. The summed E-state index contributed by atoms with van der Waals surface area (Å²) in [4.78, 5) is 24.0. The lowest BCUT2D eigenvalue weighted by Gasteiger charge is -2.10. The third kappa shape index (κ3) is 4.63. The Labute approximate surface area is 192 Å². The molecule has 4 aromatic rings. The van der Waals surface area contributed by atoms with Gasteiger partial charge in [0.15, 0.2) is 0 Å².